The lowest BCUT2D eigenvalue weighted by Gasteiger charge is -2.38. The lowest BCUT2D eigenvalue weighted by atomic mass is 9.66. The van der Waals surface area contributed by atoms with E-state index in [1.54, 1.807) is 0 Å². The number of nitrogens with zero attached hydrogens (tertiary/aromatic N) is 4. The lowest BCUT2D eigenvalue weighted by molar-refractivity contribution is -0.138. The van der Waals surface area contributed by atoms with E-state index in [9.17, 15) is 9.59 Å². The second-order valence-electron chi connectivity index (χ2n) is 10.8. The van der Waals surface area contributed by atoms with Crippen LogP contribution >= 0.6 is 0 Å². The van der Waals surface area contributed by atoms with Crippen molar-refractivity contribution in [3.05, 3.63) is 84.6 Å². The molecule has 0 aliphatic carbocycles. The second-order valence-corrected chi connectivity index (χ2v) is 10.8. The van der Waals surface area contributed by atoms with Crippen molar-refractivity contribution in [2.24, 2.45) is 17.3 Å². The second kappa shape index (κ2) is 10.1. The lowest BCUT2D eigenvalue weighted by Crippen LogP contribution is -2.48. The van der Waals surface area contributed by atoms with Gasteiger partial charge in [0.15, 0.2) is 0 Å². The van der Waals surface area contributed by atoms with Crippen molar-refractivity contribution in [1.82, 2.24) is 25.2 Å². The molecular formula is C31H31N7O2. The fourth-order valence-corrected chi connectivity index (χ4v) is 5.75. The molecule has 6 rings (SSSR count). The number of tetrazole rings is 1. The summed E-state index contributed by atoms with van der Waals surface area (Å²) in [6.45, 7) is 5.93. The smallest absolute Gasteiger partial charge is 0.231 e. The van der Waals surface area contributed by atoms with E-state index in [1.807, 2.05) is 99.8 Å². The minimum atomic E-state index is -0.906. The molecule has 0 radical (unpaired) electrons. The third-order valence-corrected chi connectivity index (χ3v) is 8.40. The van der Waals surface area contributed by atoms with E-state index in [1.165, 1.54) is 0 Å². The monoisotopic (exact) mass is 533 g/mol. The maximum atomic E-state index is 13.9. The van der Waals surface area contributed by atoms with Crippen LogP contribution in [0.5, 0.6) is 0 Å². The Bertz CT molecular complexity index is 1710. The Morgan fingerprint density at radius 2 is 1.88 bits per heavy atom. The standard InChI is InChI=1S/C31H31N7O2/c1-19(2)31(3,24-14-12-20-8-4-6-10-25(20)33-29(24)39)30(40)32-22-13-15-26-21(18-22)16-17-38(26)27-11-7-5-9-23(27)28-34-36-37-35-28/h4-11,13,15-19,24H,12,14H2,1-3H3,(H,32,40)(H,33,39)(H,34,35,36,37)/t24-,31?/m0/s1. The molecule has 0 bridgehead atoms. The van der Waals surface area contributed by atoms with Crippen LogP contribution in [0.1, 0.15) is 32.8 Å². The Kier molecular flexibility index (Phi) is 6.42. The number of aryl methyl sites for hydroxylation is 1. The van der Waals surface area contributed by atoms with Crippen molar-refractivity contribution in [1.29, 1.82) is 0 Å². The van der Waals surface area contributed by atoms with Crippen LogP contribution in [-0.2, 0) is 16.0 Å². The van der Waals surface area contributed by atoms with E-state index < -0.39 is 11.3 Å². The predicted molar refractivity (Wildman–Crippen MR) is 155 cm³/mol. The highest BCUT2D eigenvalue weighted by Gasteiger charge is 2.48. The molecule has 202 valence electrons. The summed E-state index contributed by atoms with van der Waals surface area (Å²) in [5, 5.41) is 21.7. The summed E-state index contributed by atoms with van der Waals surface area (Å²) in [6.07, 6.45) is 3.33. The number of H-pyrrole nitrogens is 1. The van der Waals surface area contributed by atoms with Crippen molar-refractivity contribution in [2.75, 3.05) is 10.6 Å². The zero-order valence-corrected chi connectivity index (χ0v) is 22.7. The zero-order valence-electron chi connectivity index (χ0n) is 22.7. The third-order valence-electron chi connectivity index (χ3n) is 8.40. The van der Waals surface area contributed by atoms with Gasteiger partial charge in [0, 0.05) is 28.5 Å². The largest absolute Gasteiger partial charge is 0.326 e. The number of benzene rings is 3. The summed E-state index contributed by atoms with van der Waals surface area (Å²) in [5.41, 5.74) is 4.45. The molecule has 2 atom stereocenters. The summed E-state index contributed by atoms with van der Waals surface area (Å²) in [7, 11) is 0. The average molecular weight is 534 g/mol. The molecular weight excluding hydrogens is 502 g/mol. The molecule has 0 spiro atoms. The maximum Gasteiger partial charge on any atom is 0.231 e. The summed E-state index contributed by atoms with van der Waals surface area (Å²) >= 11 is 0. The van der Waals surface area contributed by atoms with Gasteiger partial charge >= 0.3 is 0 Å². The SMILES string of the molecule is CC(C)C(C)(C(=O)Nc1ccc2c(ccn2-c2ccccc2-c2nn[nH]n2)c1)[C@H]1CCc2ccccc2NC1=O. The van der Waals surface area contributed by atoms with Crippen molar-refractivity contribution in [3.8, 4) is 17.1 Å². The van der Waals surface area contributed by atoms with Gasteiger partial charge in [0.1, 0.15) is 0 Å². The number of carbonyl (C=O) groups is 2. The van der Waals surface area contributed by atoms with Crippen molar-refractivity contribution < 1.29 is 9.59 Å². The quantitative estimate of drug-likeness (QED) is 0.262. The highest BCUT2D eigenvalue weighted by molar-refractivity contribution is 6.03. The van der Waals surface area contributed by atoms with E-state index in [2.05, 4.69) is 35.8 Å². The Labute approximate surface area is 232 Å². The van der Waals surface area contributed by atoms with Gasteiger partial charge in [0.2, 0.25) is 17.6 Å². The molecule has 1 unspecified atom stereocenters. The first kappa shape index (κ1) is 25.5. The van der Waals surface area contributed by atoms with Gasteiger partial charge in [-0.2, -0.15) is 5.21 Å². The number of nitrogens with one attached hydrogen (secondary N) is 3. The summed E-state index contributed by atoms with van der Waals surface area (Å²) < 4.78 is 2.07. The molecule has 3 heterocycles. The van der Waals surface area contributed by atoms with Crippen molar-refractivity contribution >= 4 is 34.1 Å². The van der Waals surface area contributed by atoms with Gasteiger partial charge < -0.3 is 15.2 Å². The van der Waals surface area contributed by atoms with Gasteiger partial charge in [0.25, 0.3) is 0 Å². The minimum Gasteiger partial charge on any atom is -0.326 e. The number of aromatic nitrogens is 5. The first-order valence-electron chi connectivity index (χ1n) is 13.5. The van der Waals surface area contributed by atoms with Gasteiger partial charge in [0.05, 0.1) is 22.5 Å². The van der Waals surface area contributed by atoms with Crippen LogP contribution in [-0.4, -0.2) is 37.0 Å². The van der Waals surface area contributed by atoms with E-state index >= 15 is 0 Å². The van der Waals surface area contributed by atoms with Gasteiger partial charge in [-0.1, -0.05) is 44.2 Å². The van der Waals surface area contributed by atoms with Crippen LogP contribution in [0.15, 0.2) is 79.0 Å². The number of rotatable bonds is 6. The third kappa shape index (κ3) is 4.33. The highest BCUT2D eigenvalue weighted by Crippen LogP contribution is 2.42. The molecule has 0 fully saturated rings. The molecule has 3 aromatic carbocycles. The van der Waals surface area contributed by atoms with Crippen molar-refractivity contribution in [3.63, 3.8) is 0 Å². The fraction of sp³-hybridized carbons (Fsp3) is 0.258. The zero-order chi connectivity index (χ0) is 27.9. The molecule has 1 aliphatic heterocycles. The molecule has 9 nitrogen and oxygen atoms in total. The van der Waals surface area contributed by atoms with Crippen LogP contribution < -0.4 is 10.6 Å². The minimum absolute atomic E-state index is 0.0593. The number of amides is 2. The highest BCUT2D eigenvalue weighted by atomic mass is 16.2. The Hall–Kier alpha value is -4.79. The Balaban J connectivity index is 1.28. The van der Waals surface area contributed by atoms with E-state index in [0.717, 1.165) is 39.8 Å². The number of anilines is 2. The Morgan fingerprint density at radius 1 is 1.07 bits per heavy atom. The number of para-hydroxylation sites is 2. The summed E-state index contributed by atoms with van der Waals surface area (Å²) in [4.78, 5) is 27.3. The molecule has 2 amide bonds. The fourth-order valence-electron chi connectivity index (χ4n) is 5.75. The molecule has 5 aromatic rings. The molecule has 40 heavy (non-hydrogen) atoms. The summed E-state index contributed by atoms with van der Waals surface area (Å²) in [5.74, 6) is -0.277. The van der Waals surface area contributed by atoms with Gasteiger partial charge in [-0.3, -0.25) is 9.59 Å². The average Bonchev–Trinajstić information content (AvgIpc) is 3.60. The summed E-state index contributed by atoms with van der Waals surface area (Å²) in [6, 6.07) is 23.6. The molecule has 0 saturated heterocycles. The van der Waals surface area contributed by atoms with Crippen LogP contribution in [0.2, 0.25) is 0 Å². The van der Waals surface area contributed by atoms with Crippen LogP contribution in [0, 0.1) is 17.3 Å². The number of fused-ring (bicyclic) bond motifs is 2. The molecule has 3 N–H and O–H groups in total. The molecule has 0 saturated carbocycles. The predicted octanol–water partition coefficient (Wildman–Crippen LogP) is 5.61. The first-order chi connectivity index (χ1) is 19.4. The first-order valence-corrected chi connectivity index (χ1v) is 13.5. The van der Waals surface area contributed by atoms with Gasteiger partial charge in [-0.25, -0.2) is 0 Å². The number of carbonyl (C=O) groups excluding carboxylic acids is 2. The number of hydrogen-bond donors (Lipinski definition) is 3. The maximum absolute atomic E-state index is 13.9. The normalized spacial score (nSPS) is 16.7. The number of aromatic amines is 1. The van der Waals surface area contributed by atoms with Crippen LogP contribution in [0.3, 0.4) is 0 Å². The van der Waals surface area contributed by atoms with E-state index in [0.29, 0.717) is 17.9 Å². The molecule has 1 aliphatic rings. The van der Waals surface area contributed by atoms with Crippen LogP contribution in [0.25, 0.3) is 28.0 Å². The van der Waals surface area contributed by atoms with Crippen molar-refractivity contribution in [2.45, 2.75) is 33.6 Å². The van der Waals surface area contributed by atoms with E-state index in [4.69, 9.17) is 0 Å². The van der Waals surface area contributed by atoms with Gasteiger partial charge in [-0.05, 0) is 78.9 Å². The molecule has 9 heteroatoms. The molecule has 2 aromatic heterocycles. The van der Waals surface area contributed by atoms with Gasteiger partial charge in [-0.15, -0.1) is 10.2 Å². The topological polar surface area (TPSA) is 118 Å². The van der Waals surface area contributed by atoms with Crippen LogP contribution in [0.4, 0.5) is 11.4 Å². The van der Waals surface area contributed by atoms with E-state index in [-0.39, 0.29) is 17.7 Å². The number of hydrogen-bond acceptors (Lipinski definition) is 5. The Morgan fingerprint density at radius 3 is 2.67 bits per heavy atom.